The van der Waals surface area contributed by atoms with Gasteiger partial charge >= 0.3 is 19.4 Å². The lowest BCUT2D eigenvalue weighted by molar-refractivity contribution is -0.149. The molecule has 0 bridgehead atoms. The Hall–Kier alpha value is -2.54. The molecular weight excluding hydrogens is 524 g/mol. The molecule has 1 aliphatic rings. The van der Waals surface area contributed by atoms with Crippen molar-refractivity contribution in [1.82, 2.24) is 14.6 Å². The summed E-state index contributed by atoms with van der Waals surface area (Å²) < 4.78 is 50.8. The van der Waals surface area contributed by atoms with Crippen LogP contribution in [0, 0.1) is 0 Å². The monoisotopic (exact) mass is 549 g/mol. The molecule has 36 heavy (non-hydrogen) atoms. The lowest BCUT2D eigenvalue weighted by Gasteiger charge is -2.25. The summed E-state index contributed by atoms with van der Waals surface area (Å²) in [6.07, 6.45) is -4.91. The average Bonchev–Trinajstić information content (AvgIpc) is 3.01. The van der Waals surface area contributed by atoms with Crippen LogP contribution < -0.4 is 20.9 Å². The summed E-state index contributed by atoms with van der Waals surface area (Å²) in [4.78, 5) is 37.6. The molecule has 0 radical (unpaired) electrons. The Balaban J connectivity index is 1.80. The predicted octanol–water partition coefficient (Wildman–Crippen LogP) is 1.83. The maximum Gasteiger partial charge on any atom is 0.459 e. The third-order valence-corrected chi connectivity index (χ3v) is 6.97. The van der Waals surface area contributed by atoms with E-state index in [2.05, 4.69) is 5.09 Å². The lowest BCUT2D eigenvalue weighted by Crippen LogP contribution is -2.42. The van der Waals surface area contributed by atoms with Crippen LogP contribution in [0.25, 0.3) is 0 Å². The number of nitrogens with one attached hydrogen (secondary N) is 2. The molecule has 0 amide bonds. The smallest absolute Gasteiger partial charge is 0.459 e. The van der Waals surface area contributed by atoms with E-state index in [9.17, 15) is 24.1 Å². The van der Waals surface area contributed by atoms with E-state index in [0.717, 1.165) is 12.3 Å². The van der Waals surface area contributed by atoms with Gasteiger partial charge < -0.3 is 19.1 Å². The van der Waals surface area contributed by atoms with Crippen LogP contribution in [0.1, 0.15) is 27.0 Å². The summed E-state index contributed by atoms with van der Waals surface area (Å²) in [6.45, 7) is 3.93. The highest BCUT2D eigenvalue weighted by Gasteiger charge is 2.58. The number of aliphatic hydroxyl groups excluding tert-OH is 1. The molecule has 2 aromatic rings. The second-order valence-corrected chi connectivity index (χ2v) is 10.5. The first kappa shape index (κ1) is 28.0. The Kier molecular flexibility index (Phi) is 8.75. The SMILES string of the molecule is CC(C)OC(=O)C(C)NP(=O)(OC[C@H]1O[C@@H](n2ccc(=O)[nH]c2=O)[C@](F)(Cl)[C@@H]1O)Oc1ccccc1. The Labute approximate surface area is 209 Å². The molecule has 0 saturated carbocycles. The van der Waals surface area contributed by atoms with Crippen molar-refractivity contribution in [3.8, 4) is 5.75 Å². The van der Waals surface area contributed by atoms with E-state index in [1.54, 1.807) is 32.0 Å². The maximum absolute atomic E-state index is 15.2. The van der Waals surface area contributed by atoms with Crippen LogP contribution in [0.4, 0.5) is 4.39 Å². The summed E-state index contributed by atoms with van der Waals surface area (Å²) in [5, 5.41) is 9.86. The van der Waals surface area contributed by atoms with E-state index in [4.69, 9.17) is 30.1 Å². The normalized spacial score (nSPS) is 26.4. The Morgan fingerprint density at radius 2 is 1.97 bits per heavy atom. The van der Waals surface area contributed by atoms with Gasteiger partial charge in [0.25, 0.3) is 10.7 Å². The second-order valence-electron chi connectivity index (χ2n) is 8.20. The number of aromatic amines is 1. The van der Waals surface area contributed by atoms with Crippen LogP contribution in [0.3, 0.4) is 0 Å². The molecule has 1 saturated heterocycles. The molecule has 15 heteroatoms. The summed E-state index contributed by atoms with van der Waals surface area (Å²) >= 11 is 5.85. The highest BCUT2D eigenvalue weighted by atomic mass is 35.5. The van der Waals surface area contributed by atoms with Gasteiger partial charge in [0.1, 0.15) is 24.0 Å². The molecule has 1 aliphatic heterocycles. The zero-order valence-corrected chi connectivity index (χ0v) is 21.1. The van der Waals surface area contributed by atoms with Crippen LogP contribution in [0.5, 0.6) is 5.75 Å². The fourth-order valence-corrected chi connectivity index (χ4v) is 5.02. The number of H-pyrrole nitrogens is 1. The number of ether oxygens (including phenoxy) is 2. The number of aromatic nitrogens is 2. The second kappa shape index (κ2) is 11.2. The summed E-state index contributed by atoms with van der Waals surface area (Å²) in [6, 6.07) is 7.68. The lowest BCUT2D eigenvalue weighted by atomic mass is 10.1. The quantitative estimate of drug-likeness (QED) is 0.227. The van der Waals surface area contributed by atoms with Gasteiger partial charge in [-0.3, -0.25) is 23.7 Å². The first-order valence-electron chi connectivity index (χ1n) is 10.8. The van der Waals surface area contributed by atoms with Gasteiger partial charge in [0.2, 0.25) is 0 Å². The van der Waals surface area contributed by atoms with E-state index in [0.29, 0.717) is 4.57 Å². The first-order valence-corrected chi connectivity index (χ1v) is 12.7. The van der Waals surface area contributed by atoms with Crippen molar-refractivity contribution in [2.75, 3.05) is 6.61 Å². The molecule has 1 fully saturated rings. The van der Waals surface area contributed by atoms with Crippen LogP contribution in [-0.4, -0.2) is 56.7 Å². The molecule has 12 nitrogen and oxygen atoms in total. The largest absolute Gasteiger partial charge is 0.462 e. The van der Waals surface area contributed by atoms with E-state index in [1.165, 1.54) is 19.1 Å². The average molecular weight is 550 g/mol. The zero-order valence-electron chi connectivity index (χ0n) is 19.5. The van der Waals surface area contributed by atoms with Crippen LogP contribution in [-0.2, 0) is 23.4 Å². The topological polar surface area (TPSA) is 158 Å². The van der Waals surface area contributed by atoms with Gasteiger partial charge in [-0.1, -0.05) is 29.8 Å². The Morgan fingerprint density at radius 1 is 1.31 bits per heavy atom. The molecule has 2 unspecified atom stereocenters. The highest BCUT2D eigenvalue weighted by Crippen LogP contribution is 2.48. The molecule has 1 aromatic carbocycles. The van der Waals surface area contributed by atoms with Gasteiger partial charge in [0, 0.05) is 12.3 Å². The van der Waals surface area contributed by atoms with E-state index < -0.39 is 67.3 Å². The van der Waals surface area contributed by atoms with Crippen molar-refractivity contribution in [3.05, 3.63) is 63.4 Å². The molecule has 3 N–H and O–H groups in total. The molecule has 2 heterocycles. The number of hydrogen-bond donors (Lipinski definition) is 3. The summed E-state index contributed by atoms with van der Waals surface area (Å²) in [5.41, 5.74) is -1.76. The summed E-state index contributed by atoms with van der Waals surface area (Å²) in [5.74, 6) is -0.607. The van der Waals surface area contributed by atoms with Crippen molar-refractivity contribution in [3.63, 3.8) is 0 Å². The van der Waals surface area contributed by atoms with Crippen molar-refractivity contribution in [2.45, 2.75) is 56.5 Å². The minimum absolute atomic E-state index is 0.125. The molecule has 3 rings (SSSR count). The molecule has 0 aliphatic carbocycles. The van der Waals surface area contributed by atoms with Gasteiger partial charge in [0.05, 0.1) is 12.7 Å². The highest BCUT2D eigenvalue weighted by molar-refractivity contribution is 7.52. The van der Waals surface area contributed by atoms with Gasteiger partial charge in [-0.15, -0.1) is 0 Å². The number of carbonyl (C=O) groups is 1. The van der Waals surface area contributed by atoms with Gasteiger partial charge in [0.15, 0.2) is 6.23 Å². The first-order chi connectivity index (χ1) is 16.8. The van der Waals surface area contributed by atoms with Crippen molar-refractivity contribution in [1.29, 1.82) is 0 Å². The van der Waals surface area contributed by atoms with E-state index in [-0.39, 0.29) is 5.75 Å². The Bertz CT molecular complexity index is 1220. The number of esters is 1. The third kappa shape index (κ3) is 6.61. The maximum atomic E-state index is 15.2. The molecule has 0 spiro atoms. The van der Waals surface area contributed by atoms with Crippen molar-refractivity contribution < 1.29 is 37.4 Å². The minimum atomic E-state index is -4.35. The van der Waals surface area contributed by atoms with Crippen molar-refractivity contribution in [2.24, 2.45) is 0 Å². The number of hydrogen-bond acceptors (Lipinski definition) is 9. The number of nitrogens with zero attached hydrogens (tertiary/aromatic N) is 1. The van der Waals surface area contributed by atoms with Crippen LogP contribution in [0.15, 0.2) is 52.2 Å². The fourth-order valence-electron chi connectivity index (χ4n) is 3.22. The van der Waals surface area contributed by atoms with Gasteiger partial charge in [-0.25, -0.2) is 13.8 Å². The third-order valence-electron chi connectivity index (χ3n) is 4.92. The Morgan fingerprint density at radius 3 is 2.58 bits per heavy atom. The van der Waals surface area contributed by atoms with Crippen molar-refractivity contribution >= 4 is 25.3 Å². The van der Waals surface area contributed by atoms with E-state index >= 15 is 4.39 Å². The molecule has 198 valence electrons. The number of rotatable bonds is 10. The number of halogens is 2. The predicted molar refractivity (Wildman–Crippen MR) is 125 cm³/mol. The molecule has 1 aromatic heterocycles. The van der Waals surface area contributed by atoms with Gasteiger partial charge in [-0.05, 0) is 32.9 Å². The number of benzene rings is 1. The molecular formula is C21H26ClFN3O9P. The van der Waals surface area contributed by atoms with Crippen LogP contribution in [0.2, 0.25) is 0 Å². The number of para-hydroxylation sites is 1. The minimum Gasteiger partial charge on any atom is -0.462 e. The zero-order chi connectivity index (χ0) is 26.7. The van der Waals surface area contributed by atoms with Crippen LogP contribution >= 0.6 is 19.3 Å². The number of aliphatic hydroxyl groups is 1. The van der Waals surface area contributed by atoms with Gasteiger partial charge in [-0.2, -0.15) is 5.09 Å². The number of carbonyl (C=O) groups excluding carboxylic acids is 1. The number of alkyl halides is 2. The van der Waals surface area contributed by atoms with E-state index in [1.807, 2.05) is 4.98 Å². The fraction of sp³-hybridized carbons (Fsp3) is 0.476. The summed E-state index contributed by atoms with van der Waals surface area (Å²) in [7, 11) is -4.35. The standard InChI is InChI=1S/C21H26ClFN3O9P/c1-12(2)33-18(29)13(3)25-36(31,35-14-7-5-4-6-8-14)32-11-15-17(28)21(22,23)19(34-15)26-10-9-16(27)24-20(26)30/h4-10,12-13,15,17,19,28H,11H2,1-3H3,(H,25,31)(H,24,27,30)/t13?,15-,17-,19-,21+,36?/m1/s1. The molecule has 6 atom stereocenters.